The summed E-state index contributed by atoms with van der Waals surface area (Å²) in [4.78, 5) is 24.1. The van der Waals surface area contributed by atoms with E-state index < -0.39 is 47.0 Å². The lowest BCUT2D eigenvalue weighted by Crippen LogP contribution is -2.41. The summed E-state index contributed by atoms with van der Waals surface area (Å²) in [5.41, 5.74) is -4.06. The summed E-state index contributed by atoms with van der Waals surface area (Å²) < 4.78 is 82.0. The minimum absolute atomic E-state index is 0.0701. The maximum Gasteiger partial charge on any atom is 0.416 e. The van der Waals surface area contributed by atoms with Gasteiger partial charge in [-0.1, -0.05) is 32.6 Å². The van der Waals surface area contributed by atoms with Crippen molar-refractivity contribution in [3.63, 3.8) is 0 Å². The largest absolute Gasteiger partial charge is 0.467 e. The summed E-state index contributed by atoms with van der Waals surface area (Å²) in [6.45, 7) is 1.96. The average molecular weight is 413 g/mol. The van der Waals surface area contributed by atoms with Crippen molar-refractivity contribution in [3.8, 4) is 0 Å². The van der Waals surface area contributed by atoms with Gasteiger partial charge >= 0.3 is 18.3 Å². The maximum atomic E-state index is 12.9. The molecule has 158 valence electrons. The summed E-state index contributed by atoms with van der Waals surface area (Å²) in [7, 11) is 1.07. The fourth-order valence-electron chi connectivity index (χ4n) is 2.49. The van der Waals surface area contributed by atoms with Crippen molar-refractivity contribution in [1.82, 2.24) is 5.32 Å². The lowest BCUT2D eigenvalue weighted by atomic mass is 10.0. The molecule has 0 spiro atoms. The van der Waals surface area contributed by atoms with E-state index in [1.54, 1.807) is 0 Å². The summed E-state index contributed by atoms with van der Waals surface area (Å²) in [6.07, 6.45) is -6.91. The highest BCUT2D eigenvalue weighted by molar-refractivity contribution is 5.97. The monoisotopic (exact) mass is 413 g/mol. The number of benzene rings is 1. The molecule has 0 aliphatic heterocycles. The Morgan fingerprint density at radius 2 is 1.50 bits per heavy atom. The van der Waals surface area contributed by atoms with Gasteiger partial charge in [-0.3, -0.25) is 4.79 Å². The minimum Gasteiger partial charge on any atom is -0.467 e. The molecule has 0 heterocycles. The van der Waals surface area contributed by atoms with Gasteiger partial charge in [0, 0.05) is 5.56 Å². The molecule has 1 aromatic rings. The van der Waals surface area contributed by atoms with Crippen molar-refractivity contribution < 1.29 is 40.7 Å². The number of carbonyl (C=O) groups excluding carboxylic acids is 2. The van der Waals surface area contributed by atoms with Crippen molar-refractivity contribution in [2.75, 3.05) is 7.11 Å². The van der Waals surface area contributed by atoms with Gasteiger partial charge in [0.25, 0.3) is 5.91 Å². The van der Waals surface area contributed by atoms with Crippen LogP contribution in [0.15, 0.2) is 18.2 Å². The lowest BCUT2D eigenvalue weighted by molar-refractivity contribution is -0.144. The molecule has 4 nitrogen and oxygen atoms in total. The zero-order valence-corrected chi connectivity index (χ0v) is 15.3. The zero-order chi connectivity index (χ0) is 21.5. The lowest BCUT2D eigenvalue weighted by Gasteiger charge is -2.18. The molecule has 0 saturated heterocycles. The average Bonchev–Trinajstić information content (AvgIpc) is 2.61. The number of alkyl halides is 6. The Morgan fingerprint density at radius 1 is 0.964 bits per heavy atom. The minimum atomic E-state index is -5.07. The summed E-state index contributed by atoms with van der Waals surface area (Å²) in [6, 6.07) is -0.607. The molecule has 0 radical (unpaired) electrons. The summed E-state index contributed by atoms with van der Waals surface area (Å²) >= 11 is 0. The molecular formula is C18H21F6NO3. The first-order valence-corrected chi connectivity index (χ1v) is 8.58. The molecule has 10 heteroatoms. The highest BCUT2D eigenvalue weighted by atomic mass is 19.4. The maximum absolute atomic E-state index is 12.9. The Hall–Kier alpha value is -2.26. The van der Waals surface area contributed by atoms with Crippen LogP contribution in [0.1, 0.15) is 60.5 Å². The van der Waals surface area contributed by atoms with Gasteiger partial charge in [-0.15, -0.1) is 0 Å². The van der Waals surface area contributed by atoms with E-state index in [4.69, 9.17) is 0 Å². The quantitative estimate of drug-likeness (QED) is 0.372. The van der Waals surface area contributed by atoms with Gasteiger partial charge < -0.3 is 10.1 Å². The number of esters is 1. The van der Waals surface area contributed by atoms with Crippen LogP contribution in [-0.4, -0.2) is 25.0 Å². The van der Waals surface area contributed by atoms with Gasteiger partial charge in [-0.25, -0.2) is 4.79 Å². The van der Waals surface area contributed by atoms with Gasteiger partial charge in [-0.05, 0) is 24.6 Å². The molecule has 1 rings (SSSR count). The molecule has 0 unspecified atom stereocenters. The van der Waals surface area contributed by atoms with Crippen LogP contribution in [0.4, 0.5) is 26.3 Å². The fraction of sp³-hybridized carbons (Fsp3) is 0.556. The van der Waals surface area contributed by atoms with Gasteiger partial charge in [0.1, 0.15) is 6.04 Å². The number of ether oxygens (including phenoxy) is 1. The summed E-state index contributed by atoms with van der Waals surface area (Å²) in [5.74, 6) is -2.05. The molecule has 1 amide bonds. The number of unbranched alkanes of at least 4 members (excludes halogenated alkanes) is 3. The van der Waals surface area contributed by atoms with E-state index in [2.05, 4.69) is 10.1 Å². The second-order valence-corrected chi connectivity index (χ2v) is 6.19. The third-order valence-electron chi connectivity index (χ3n) is 3.99. The smallest absolute Gasteiger partial charge is 0.416 e. The second-order valence-electron chi connectivity index (χ2n) is 6.19. The van der Waals surface area contributed by atoms with Crippen LogP contribution in [0.25, 0.3) is 0 Å². The highest BCUT2D eigenvalue weighted by Crippen LogP contribution is 2.36. The molecule has 1 N–H and O–H groups in total. The topological polar surface area (TPSA) is 55.4 Å². The number of nitrogens with one attached hydrogen (secondary N) is 1. The number of methoxy groups -OCH3 is 1. The Morgan fingerprint density at radius 3 is 1.93 bits per heavy atom. The standard InChI is InChI=1S/C18H21F6NO3/c1-3-4-5-6-7-14(16(27)28-2)25-15(26)11-8-12(17(19,20)21)10-13(9-11)18(22,23)24/h8-10,14H,3-7H2,1-2H3,(H,25,26)/t14-/m0/s1. The highest BCUT2D eigenvalue weighted by Gasteiger charge is 2.37. The molecule has 0 aliphatic rings. The molecular weight excluding hydrogens is 392 g/mol. The Balaban J connectivity index is 3.11. The van der Waals surface area contributed by atoms with Crippen LogP contribution in [0.3, 0.4) is 0 Å². The number of amides is 1. The Bertz CT molecular complexity index is 653. The number of carbonyl (C=O) groups is 2. The first-order valence-electron chi connectivity index (χ1n) is 8.58. The van der Waals surface area contributed by atoms with Gasteiger partial charge in [-0.2, -0.15) is 26.3 Å². The SMILES string of the molecule is CCCCCC[C@H](NC(=O)c1cc(C(F)(F)F)cc(C(F)(F)F)c1)C(=O)OC. The number of hydrogen-bond donors (Lipinski definition) is 1. The van der Waals surface area contributed by atoms with Crippen LogP contribution in [0.2, 0.25) is 0 Å². The van der Waals surface area contributed by atoms with E-state index in [0.717, 1.165) is 26.4 Å². The van der Waals surface area contributed by atoms with E-state index in [0.29, 0.717) is 18.6 Å². The van der Waals surface area contributed by atoms with Gasteiger partial charge in [0.15, 0.2) is 0 Å². The molecule has 0 fully saturated rings. The van der Waals surface area contributed by atoms with Crippen LogP contribution in [-0.2, 0) is 21.9 Å². The van der Waals surface area contributed by atoms with Crippen LogP contribution in [0.5, 0.6) is 0 Å². The van der Waals surface area contributed by atoms with Crippen molar-refractivity contribution in [2.45, 2.75) is 57.4 Å². The third kappa shape index (κ3) is 7.05. The van der Waals surface area contributed by atoms with E-state index in [-0.39, 0.29) is 12.5 Å². The van der Waals surface area contributed by atoms with Crippen molar-refractivity contribution in [2.24, 2.45) is 0 Å². The van der Waals surface area contributed by atoms with E-state index in [1.165, 1.54) is 0 Å². The van der Waals surface area contributed by atoms with Crippen molar-refractivity contribution in [3.05, 3.63) is 34.9 Å². The number of hydrogen-bond acceptors (Lipinski definition) is 3. The van der Waals surface area contributed by atoms with Crippen LogP contribution < -0.4 is 5.32 Å². The molecule has 0 aromatic heterocycles. The Labute approximate surface area is 158 Å². The van der Waals surface area contributed by atoms with Crippen LogP contribution >= 0.6 is 0 Å². The molecule has 28 heavy (non-hydrogen) atoms. The predicted molar refractivity (Wildman–Crippen MR) is 88.5 cm³/mol. The van der Waals surface area contributed by atoms with E-state index in [9.17, 15) is 35.9 Å². The zero-order valence-electron chi connectivity index (χ0n) is 15.3. The van der Waals surface area contributed by atoms with Crippen molar-refractivity contribution in [1.29, 1.82) is 0 Å². The van der Waals surface area contributed by atoms with Gasteiger partial charge in [0.05, 0.1) is 18.2 Å². The first-order chi connectivity index (χ1) is 12.9. The molecule has 1 aromatic carbocycles. The molecule has 1 atom stereocenters. The normalized spacial score (nSPS) is 13.1. The molecule has 0 saturated carbocycles. The Kier molecular flexibility index (Phi) is 8.31. The van der Waals surface area contributed by atoms with E-state index >= 15 is 0 Å². The van der Waals surface area contributed by atoms with E-state index in [1.807, 2.05) is 6.92 Å². The molecule has 0 bridgehead atoms. The fourth-order valence-corrected chi connectivity index (χ4v) is 2.49. The summed E-state index contributed by atoms with van der Waals surface area (Å²) in [5, 5.41) is 2.17. The van der Waals surface area contributed by atoms with Crippen LogP contribution in [0, 0.1) is 0 Å². The van der Waals surface area contributed by atoms with Crippen molar-refractivity contribution >= 4 is 11.9 Å². The third-order valence-corrected chi connectivity index (χ3v) is 3.99. The first kappa shape index (κ1) is 23.8. The number of halogens is 6. The predicted octanol–water partition coefficient (Wildman–Crippen LogP) is 4.97. The van der Waals surface area contributed by atoms with Gasteiger partial charge in [0.2, 0.25) is 0 Å². The second kappa shape index (κ2) is 9.79. The number of rotatable bonds is 8. The molecule has 0 aliphatic carbocycles.